The molecule has 1 aliphatic rings. The lowest BCUT2D eigenvalue weighted by atomic mass is 10.4. The molecule has 1 aliphatic heterocycles. The first-order chi connectivity index (χ1) is 5.24. The molecule has 0 aliphatic carbocycles. The summed E-state index contributed by atoms with van der Waals surface area (Å²) < 4.78 is 0. The first-order valence-corrected chi connectivity index (χ1v) is 4.28. The number of aliphatic carboxylic acids is 1. The molecule has 0 spiro atoms. The fraction of sp³-hybridized carbons (Fsp3) is 0.429. The lowest BCUT2D eigenvalue weighted by Crippen LogP contribution is -2.16. The van der Waals surface area contributed by atoms with Gasteiger partial charge in [-0.05, 0) is 13.0 Å². The van der Waals surface area contributed by atoms with E-state index in [9.17, 15) is 4.79 Å². The number of nitrogens with zero attached hydrogens (tertiary/aromatic N) is 1. The first kappa shape index (κ1) is 8.33. The Kier molecular flexibility index (Phi) is 2.70. The van der Waals surface area contributed by atoms with Gasteiger partial charge in [-0.15, -0.1) is 11.8 Å². The van der Waals surface area contributed by atoms with Gasteiger partial charge in [-0.2, -0.15) is 0 Å². The molecule has 1 heterocycles. The summed E-state index contributed by atoms with van der Waals surface area (Å²) in [6.45, 7) is 1.89. The van der Waals surface area contributed by atoms with Crippen molar-refractivity contribution in [3.8, 4) is 0 Å². The van der Waals surface area contributed by atoms with Gasteiger partial charge in [-0.25, -0.2) is 4.79 Å². The summed E-state index contributed by atoms with van der Waals surface area (Å²) in [6.07, 6.45) is 3.68. The van der Waals surface area contributed by atoms with Gasteiger partial charge in [0.25, 0.3) is 0 Å². The highest BCUT2D eigenvalue weighted by atomic mass is 32.2. The number of aliphatic imine (C=N–C) groups is 1. The molecule has 1 atom stereocenters. The van der Waals surface area contributed by atoms with Crippen LogP contribution in [-0.4, -0.2) is 27.9 Å². The zero-order valence-electron chi connectivity index (χ0n) is 6.15. The van der Waals surface area contributed by atoms with Crippen LogP contribution in [0.15, 0.2) is 17.1 Å². The van der Waals surface area contributed by atoms with Gasteiger partial charge in [0.15, 0.2) is 6.04 Å². The third-order valence-corrected chi connectivity index (χ3v) is 2.29. The molecule has 0 aromatic rings. The van der Waals surface area contributed by atoms with Crippen molar-refractivity contribution < 1.29 is 9.90 Å². The van der Waals surface area contributed by atoms with Gasteiger partial charge in [-0.1, -0.05) is 6.08 Å². The summed E-state index contributed by atoms with van der Waals surface area (Å²) in [4.78, 5) is 14.4. The summed E-state index contributed by atoms with van der Waals surface area (Å²) in [5.41, 5.74) is 0. The monoisotopic (exact) mass is 171 g/mol. The van der Waals surface area contributed by atoms with Crippen LogP contribution in [0.2, 0.25) is 0 Å². The third kappa shape index (κ3) is 2.08. The summed E-state index contributed by atoms with van der Waals surface area (Å²) in [5.74, 6) is -0.272. The van der Waals surface area contributed by atoms with Crippen molar-refractivity contribution >= 4 is 22.8 Å². The van der Waals surface area contributed by atoms with Crippen molar-refractivity contribution in [3.63, 3.8) is 0 Å². The molecule has 11 heavy (non-hydrogen) atoms. The normalized spacial score (nSPS) is 24.1. The average Bonchev–Trinajstić information content (AvgIpc) is 2.37. The second kappa shape index (κ2) is 3.57. The summed E-state index contributed by atoms with van der Waals surface area (Å²) in [6, 6.07) is -0.536. The minimum atomic E-state index is -0.836. The smallest absolute Gasteiger partial charge is 0.329 e. The topological polar surface area (TPSA) is 49.7 Å². The Bertz CT molecular complexity index is 222. The van der Waals surface area contributed by atoms with E-state index in [-0.39, 0.29) is 0 Å². The molecule has 1 N–H and O–H groups in total. The SMILES string of the molecule is C/C=C/C1=N[C@@H](C(=O)O)CS1. The molecule has 60 valence electrons. The molecule has 4 heteroatoms. The molecule has 0 saturated heterocycles. The van der Waals surface area contributed by atoms with E-state index < -0.39 is 12.0 Å². The molecular weight excluding hydrogens is 162 g/mol. The largest absolute Gasteiger partial charge is 0.480 e. The predicted molar refractivity (Wildman–Crippen MR) is 46.1 cm³/mol. The zero-order chi connectivity index (χ0) is 8.27. The third-order valence-electron chi connectivity index (χ3n) is 1.27. The van der Waals surface area contributed by atoms with E-state index in [1.165, 1.54) is 11.8 Å². The number of thioether (sulfide) groups is 1. The minimum Gasteiger partial charge on any atom is -0.480 e. The Labute approximate surface area is 69.2 Å². The highest BCUT2D eigenvalue weighted by Crippen LogP contribution is 2.18. The van der Waals surface area contributed by atoms with Crippen molar-refractivity contribution in [2.24, 2.45) is 4.99 Å². The summed E-state index contributed by atoms with van der Waals surface area (Å²) >= 11 is 1.49. The number of carbonyl (C=O) groups is 1. The number of rotatable bonds is 2. The fourth-order valence-corrected chi connectivity index (χ4v) is 1.73. The number of hydrogen-bond donors (Lipinski definition) is 1. The van der Waals surface area contributed by atoms with Crippen LogP contribution in [0.3, 0.4) is 0 Å². The minimum absolute atomic E-state index is 0.536. The molecule has 0 aromatic carbocycles. The van der Waals surface area contributed by atoms with E-state index in [4.69, 9.17) is 5.11 Å². The molecule has 0 radical (unpaired) electrons. The first-order valence-electron chi connectivity index (χ1n) is 3.30. The van der Waals surface area contributed by atoms with Gasteiger partial charge < -0.3 is 5.11 Å². The summed E-state index contributed by atoms with van der Waals surface area (Å²) in [7, 11) is 0. The fourth-order valence-electron chi connectivity index (χ4n) is 0.753. The van der Waals surface area contributed by atoms with E-state index in [1.54, 1.807) is 0 Å². The van der Waals surface area contributed by atoms with Crippen LogP contribution < -0.4 is 0 Å². The molecule has 0 aromatic heterocycles. The Morgan fingerprint density at radius 3 is 3.09 bits per heavy atom. The molecule has 3 nitrogen and oxygen atoms in total. The van der Waals surface area contributed by atoms with Gasteiger partial charge in [0.1, 0.15) is 0 Å². The van der Waals surface area contributed by atoms with Crippen molar-refractivity contribution in [2.75, 3.05) is 5.75 Å². The van der Waals surface area contributed by atoms with Crippen LogP contribution >= 0.6 is 11.8 Å². The van der Waals surface area contributed by atoms with Crippen molar-refractivity contribution in [1.82, 2.24) is 0 Å². The van der Waals surface area contributed by atoms with Crippen LogP contribution in [-0.2, 0) is 4.79 Å². The average molecular weight is 171 g/mol. The maximum atomic E-state index is 10.4. The molecule has 1 rings (SSSR count). The van der Waals surface area contributed by atoms with E-state index in [1.807, 2.05) is 19.1 Å². The molecular formula is C7H9NO2S. The second-order valence-corrected chi connectivity index (χ2v) is 3.17. The van der Waals surface area contributed by atoms with Crippen LogP contribution in [0.1, 0.15) is 6.92 Å². The number of allylic oxidation sites excluding steroid dienone is 1. The number of hydrogen-bond acceptors (Lipinski definition) is 3. The second-order valence-electron chi connectivity index (χ2n) is 2.13. The Hall–Kier alpha value is -0.770. The molecule has 0 unspecified atom stereocenters. The van der Waals surface area contributed by atoms with Gasteiger partial charge in [-0.3, -0.25) is 4.99 Å². The Morgan fingerprint density at radius 1 is 1.91 bits per heavy atom. The number of carboxylic acid groups (broad SMARTS) is 1. The maximum Gasteiger partial charge on any atom is 0.329 e. The van der Waals surface area contributed by atoms with E-state index >= 15 is 0 Å². The van der Waals surface area contributed by atoms with Gasteiger partial charge >= 0.3 is 5.97 Å². The van der Waals surface area contributed by atoms with Gasteiger partial charge in [0.05, 0.1) is 5.04 Å². The lowest BCUT2D eigenvalue weighted by molar-refractivity contribution is -0.137. The van der Waals surface area contributed by atoms with E-state index in [0.29, 0.717) is 5.75 Å². The summed E-state index contributed by atoms with van der Waals surface area (Å²) in [5, 5.41) is 9.37. The highest BCUT2D eigenvalue weighted by molar-refractivity contribution is 8.14. The van der Waals surface area contributed by atoms with Crippen LogP contribution in [0.25, 0.3) is 0 Å². The molecule has 0 saturated carbocycles. The predicted octanol–water partition coefficient (Wildman–Crippen LogP) is 1.16. The standard InChI is InChI=1S/C7H9NO2S/c1-2-3-6-8-5(4-11-6)7(9)10/h2-3,5H,4H2,1H3,(H,9,10)/b3-2+/t5-/m1/s1. The number of carboxylic acids is 1. The van der Waals surface area contributed by atoms with E-state index in [0.717, 1.165) is 5.04 Å². The Morgan fingerprint density at radius 2 is 2.64 bits per heavy atom. The van der Waals surface area contributed by atoms with Crippen molar-refractivity contribution in [1.29, 1.82) is 0 Å². The Balaban J connectivity index is 2.61. The maximum absolute atomic E-state index is 10.4. The molecule has 0 amide bonds. The van der Waals surface area contributed by atoms with E-state index in [2.05, 4.69) is 4.99 Å². The molecule has 0 fully saturated rings. The lowest BCUT2D eigenvalue weighted by Gasteiger charge is -1.93. The van der Waals surface area contributed by atoms with Crippen LogP contribution in [0, 0.1) is 0 Å². The van der Waals surface area contributed by atoms with Crippen molar-refractivity contribution in [3.05, 3.63) is 12.2 Å². The van der Waals surface area contributed by atoms with Gasteiger partial charge in [0, 0.05) is 5.75 Å². The van der Waals surface area contributed by atoms with Crippen LogP contribution in [0.4, 0.5) is 0 Å². The van der Waals surface area contributed by atoms with Gasteiger partial charge in [0.2, 0.25) is 0 Å². The quantitative estimate of drug-likeness (QED) is 0.678. The highest BCUT2D eigenvalue weighted by Gasteiger charge is 2.22. The molecule has 0 bridgehead atoms. The van der Waals surface area contributed by atoms with Crippen molar-refractivity contribution in [2.45, 2.75) is 13.0 Å². The van der Waals surface area contributed by atoms with Crippen LogP contribution in [0.5, 0.6) is 0 Å². The zero-order valence-corrected chi connectivity index (χ0v) is 6.97.